The van der Waals surface area contributed by atoms with E-state index in [-0.39, 0.29) is 11.9 Å². The highest BCUT2D eigenvalue weighted by Gasteiger charge is 2.29. The SMILES string of the molecule is COC(=O)C1CCc2nn(C)c(N)c2C1. The van der Waals surface area contributed by atoms with Crippen LogP contribution in [0, 0.1) is 5.92 Å². The van der Waals surface area contributed by atoms with E-state index < -0.39 is 0 Å². The van der Waals surface area contributed by atoms with Gasteiger partial charge >= 0.3 is 5.97 Å². The van der Waals surface area contributed by atoms with Crippen molar-refractivity contribution < 1.29 is 9.53 Å². The van der Waals surface area contributed by atoms with Gasteiger partial charge in [-0.15, -0.1) is 0 Å². The Balaban J connectivity index is 2.26. The predicted octanol–water partition coefficient (Wildman–Crippen LogP) is 0.280. The van der Waals surface area contributed by atoms with Crippen LogP contribution >= 0.6 is 0 Å². The summed E-state index contributed by atoms with van der Waals surface area (Å²) in [6, 6.07) is 0. The minimum absolute atomic E-state index is 0.0611. The molecule has 1 aliphatic carbocycles. The van der Waals surface area contributed by atoms with Crippen LogP contribution < -0.4 is 5.73 Å². The first-order chi connectivity index (χ1) is 7.13. The van der Waals surface area contributed by atoms with Crippen molar-refractivity contribution in [1.29, 1.82) is 0 Å². The Labute approximate surface area is 88.2 Å². The second-order valence-electron chi connectivity index (χ2n) is 3.90. The average Bonchev–Trinajstić information content (AvgIpc) is 2.54. The van der Waals surface area contributed by atoms with Crippen LogP contribution in [0.1, 0.15) is 17.7 Å². The van der Waals surface area contributed by atoms with Gasteiger partial charge in [-0.2, -0.15) is 5.10 Å². The second kappa shape index (κ2) is 3.56. The maximum atomic E-state index is 11.4. The quantitative estimate of drug-likeness (QED) is 0.674. The number of nitrogens with zero attached hydrogens (tertiary/aromatic N) is 2. The number of fused-ring (bicyclic) bond motifs is 1. The van der Waals surface area contributed by atoms with Gasteiger partial charge in [0.25, 0.3) is 0 Å². The van der Waals surface area contributed by atoms with E-state index in [1.807, 2.05) is 7.05 Å². The lowest BCUT2D eigenvalue weighted by atomic mass is 9.87. The standard InChI is InChI=1S/C10H15N3O2/c1-13-9(11)7-5-6(10(14)15-2)3-4-8(7)12-13/h6H,3-5,11H2,1-2H3. The molecule has 0 saturated carbocycles. The minimum Gasteiger partial charge on any atom is -0.469 e. The highest BCUT2D eigenvalue weighted by atomic mass is 16.5. The summed E-state index contributed by atoms with van der Waals surface area (Å²) in [6.45, 7) is 0. The molecule has 0 aliphatic heterocycles. The van der Waals surface area contributed by atoms with Gasteiger partial charge in [0.05, 0.1) is 18.7 Å². The highest BCUT2D eigenvalue weighted by Crippen LogP contribution is 2.29. The lowest BCUT2D eigenvalue weighted by Crippen LogP contribution is -2.23. The molecule has 15 heavy (non-hydrogen) atoms. The third-order valence-corrected chi connectivity index (χ3v) is 2.99. The molecule has 5 nitrogen and oxygen atoms in total. The molecular formula is C10H15N3O2. The highest BCUT2D eigenvalue weighted by molar-refractivity contribution is 5.73. The zero-order valence-electron chi connectivity index (χ0n) is 8.99. The molecule has 1 unspecified atom stereocenters. The van der Waals surface area contributed by atoms with Crippen LogP contribution in [0.3, 0.4) is 0 Å². The molecule has 1 aromatic heterocycles. The summed E-state index contributed by atoms with van der Waals surface area (Å²) in [7, 11) is 3.24. The zero-order valence-corrected chi connectivity index (χ0v) is 8.99. The van der Waals surface area contributed by atoms with Crippen molar-refractivity contribution in [2.75, 3.05) is 12.8 Å². The predicted molar refractivity (Wildman–Crippen MR) is 55.2 cm³/mol. The lowest BCUT2D eigenvalue weighted by Gasteiger charge is -2.19. The molecule has 0 fully saturated rings. The number of ether oxygens (including phenoxy) is 1. The molecule has 82 valence electrons. The fourth-order valence-electron chi connectivity index (χ4n) is 2.09. The number of methoxy groups -OCH3 is 1. The smallest absolute Gasteiger partial charge is 0.309 e. The topological polar surface area (TPSA) is 70.1 Å². The van der Waals surface area contributed by atoms with Gasteiger partial charge < -0.3 is 10.5 Å². The molecular weight excluding hydrogens is 194 g/mol. The van der Waals surface area contributed by atoms with E-state index >= 15 is 0 Å². The molecule has 0 spiro atoms. The molecule has 1 atom stereocenters. The number of aromatic nitrogens is 2. The number of esters is 1. The van der Waals surface area contributed by atoms with Crippen molar-refractivity contribution in [2.45, 2.75) is 19.3 Å². The summed E-state index contributed by atoms with van der Waals surface area (Å²) in [5, 5.41) is 4.31. The summed E-state index contributed by atoms with van der Waals surface area (Å²) < 4.78 is 6.42. The fourth-order valence-corrected chi connectivity index (χ4v) is 2.09. The molecule has 0 amide bonds. The second-order valence-corrected chi connectivity index (χ2v) is 3.90. The lowest BCUT2D eigenvalue weighted by molar-refractivity contribution is -0.145. The number of carbonyl (C=O) groups is 1. The van der Waals surface area contributed by atoms with E-state index in [1.165, 1.54) is 7.11 Å². The monoisotopic (exact) mass is 209 g/mol. The van der Waals surface area contributed by atoms with Crippen molar-refractivity contribution in [2.24, 2.45) is 13.0 Å². The van der Waals surface area contributed by atoms with Crippen LogP contribution in [0.25, 0.3) is 0 Å². The Morgan fingerprint density at radius 2 is 2.40 bits per heavy atom. The molecule has 1 heterocycles. The van der Waals surface area contributed by atoms with Crippen molar-refractivity contribution in [3.8, 4) is 0 Å². The zero-order chi connectivity index (χ0) is 11.0. The fraction of sp³-hybridized carbons (Fsp3) is 0.600. The van der Waals surface area contributed by atoms with Crippen molar-refractivity contribution in [3.05, 3.63) is 11.3 Å². The van der Waals surface area contributed by atoms with Crippen LogP contribution in [0.5, 0.6) is 0 Å². The van der Waals surface area contributed by atoms with E-state index in [0.29, 0.717) is 12.2 Å². The average molecular weight is 209 g/mol. The third-order valence-electron chi connectivity index (χ3n) is 2.99. The van der Waals surface area contributed by atoms with Crippen LogP contribution in [0.15, 0.2) is 0 Å². The van der Waals surface area contributed by atoms with Crippen LogP contribution in [-0.2, 0) is 29.4 Å². The van der Waals surface area contributed by atoms with Gasteiger partial charge in [0.2, 0.25) is 0 Å². The van der Waals surface area contributed by atoms with Crippen LogP contribution in [0.2, 0.25) is 0 Å². The molecule has 1 aromatic rings. The first-order valence-corrected chi connectivity index (χ1v) is 5.01. The number of nitrogen functional groups attached to an aromatic ring is 1. The van der Waals surface area contributed by atoms with Gasteiger partial charge in [-0.1, -0.05) is 0 Å². The molecule has 5 heteroatoms. The summed E-state index contributed by atoms with van der Waals surface area (Å²) in [5.41, 5.74) is 7.91. The number of anilines is 1. The Morgan fingerprint density at radius 1 is 1.67 bits per heavy atom. The number of carbonyl (C=O) groups excluding carboxylic acids is 1. The maximum absolute atomic E-state index is 11.4. The first-order valence-electron chi connectivity index (χ1n) is 5.01. The Hall–Kier alpha value is -1.52. The summed E-state index contributed by atoms with van der Waals surface area (Å²) in [6.07, 6.45) is 2.26. The van der Waals surface area contributed by atoms with Crippen molar-refractivity contribution in [1.82, 2.24) is 9.78 Å². The summed E-state index contributed by atoms with van der Waals surface area (Å²) in [4.78, 5) is 11.4. The van der Waals surface area contributed by atoms with Gasteiger partial charge in [-0.25, -0.2) is 0 Å². The van der Waals surface area contributed by atoms with Crippen molar-refractivity contribution in [3.63, 3.8) is 0 Å². The molecule has 0 radical (unpaired) electrons. The van der Waals surface area contributed by atoms with Crippen LogP contribution in [0.4, 0.5) is 5.82 Å². The van der Waals surface area contributed by atoms with Crippen LogP contribution in [-0.4, -0.2) is 22.9 Å². The molecule has 0 bridgehead atoms. The van der Waals surface area contributed by atoms with Gasteiger partial charge in [0.15, 0.2) is 0 Å². The molecule has 0 aromatic carbocycles. The number of aryl methyl sites for hydroxylation is 2. The third kappa shape index (κ3) is 1.58. The van der Waals surface area contributed by atoms with E-state index in [1.54, 1.807) is 4.68 Å². The summed E-state index contributed by atoms with van der Waals surface area (Å²) >= 11 is 0. The van der Waals surface area contributed by atoms with E-state index in [9.17, 15) is 4.79 Å². The van der Waals surface area contributed by atoms with Gasteiger partial charge in [0.1, 0.15) is 5.82 Å². The van der Waals surface area contributed by atoms with Crippen molar-refractivity contribution >= 4 is 11.8 Å². The Kier molecular flexibility index (Phi) is 2.38. The number of hydrogen-bond acceptors (Lipinski definition) is 4. The maximum Gasteiger partial charge on any atom is 0.309 e. The van der Waals surface area contributed by atoms with E-state index in [0.717, 1.165) is 24.1 Å². The number of hydrogen-bond donors (Lipinski definition) is 1. The van der Waals surface area contributed by atoms with Gasteiger partial charge in [-0.3, -0.25) is 9.48 Å². The molecule has 2 rings (SSSR count). The number of rotatable bonds is 1. The number of nitrogens with two attached hydrogens (primary N) is 1. The van der Waals surface area contributed by atoms with E-state index in [4.69, 9.17) is 10.5 Å². The molecule has 1 aliphatic rings. The van der Waals surface area contributed by atoms with Gasteiger partial charge in [-0.05, 0) is 19.3 Å². The first kappa shape index (κ1) is 10.0. The summed E-state index contributed by atoms with van der Waals surface area (Å²) in [5.74, 6) is 0.455. The Morgan fingerprint density at radius 3 is 3.07 bits per heavy atom. The van der Waals surface area contributed by atoms with Gasteiger partial charge in [0, 0.05) is 12.6 Å². The normalized spacial score (nSPS) is 19.7. The largest absolute Gasteiger partial charge is 0.469 e. The Bertz CT molecular complexity index is 398. The molecule has 2 N–H and O–H groups in total. The molecule has 0 saturated heterocycles. The minimum atomic E-state index is -0.149. The van der Waals surface area contributed by atoms with E-state index in [2.05, 4.69) is 5.10 Å².